The minimum absolute atomic E-state index is 0.112. The second kappa shape index (κ2) is 9.70. The largest absolute Gasteiger partial charge is 0.349 e. The summed E-state index contributed by atoms with van der Waals surface area (Å²) in [6.07, 6.45) is 2.87. The minimum atomic E-state index is 0.112. The maximum Gasteiger partial charge on any atom is 0.223 e. The summed E-state index contributed by atoms with van der Waals surface area (Å²) < 4.78 is 0. The number of carbonyl (C=O) groups excluding carboxylic acids is 1. The molecule has 3 nitrogen and oxygen atoms in total. The van der Waals surface area contributed by atoms with Crippen LogP contribution in [0.5, 0.6) is 0 Å². The Balaban J connectivity index is 1.53. The standard InChI is InChI=1S/C24H32N2O/c1-19(2)17-23(21-11-7-4-8-12-21)25-24(27)22-13-15-26(16-14-22)18-20-9-5-3-6-10-20/h3-12,19,22-23H,13-18H2,1-2H3,(H,25,27). The van der Waals surface area contributed by atoms with Crippen LogP contribution in [0.3, 0.4) is 0 Å². The lowest BCUT2D eigenvalue weighted by molar-refractivity contribution is -0.127. The smallest absolute Gasteiger partial charge is 0.223 e. The lowest BCUT2D eigenvalue weighted by Gasteiger charge is -2.32. The summed E-state index contributed by atoms with van der Waals surface area (Å²) in [4.78, 5) is 15.4. The molecule has 0 saturated carbocycles. The summed E-state index contributed by atoms with van der Waals surface area (Å²) in [5.41, 5.74) is 2.56. The van der Waals surface area contributed by atoms with Crippen molar-refractivity contribution in [1.82, 2.24) is 10.2 Å². The molecule has 2 aromatic rings. The third-order valence-electron chi connectivity index (χ3n) is 5.43. The molecule has 1 saturated heterocycles. The van der Waals surface area contributed by atoms with Crippen LogP contribution in [0.4, 0.5) is 0 Å². The molecule has 0 radical (unpaired) electrons. The second-order valence-electron chi connectivity index (χ2n) is 8.14. The van der Waals surface area contributed by atoms with Crippen LogP contribution in [0, 0.1) is 11.8 Å². The summed E-state index contributed by atoms with van der Waals surface area (Å²) in [5, 5.41) is 3.34. The molecule has 1 unspecified atom stereocenters. The van der Waals surface area contributed by atoms with Gasteiger partial charge in [-0.15, -0.1) is 0 Å². The third kappa shape index (κ3) is 5.93. The second-order valence-corrected chi connectivity index (χ2v) is 8.14. The van der Waals surface area contributed by atoms with Crippen LogP contribution in [0.1, 0.15) is 50.3 Å². The van der Waals surface area contributed by atoms with Gasteiger partial charge in [0.2, 0.25) is 5.91 Å². The van der Waals surface area contributed by atoms with Crippen LogP contribution in [-0.2, 0) is 11.3 Å². The summed E-state index contributed by atoms with van der Waals surface area (Å²) in [5.74, 6) is 0.905. The van der Waals surface area contributed by atoms with Gasteiger partial charge in [-0.2, -0.15) is 0 Å². The van der Waals surface area contributed by atoms with Crippen molar-refractivity contribution in [1.29, 1.82) is 0 Å². The molecule has 0 bridgehead atoms. The Kier molecular flexibility index (Phi) is 7.05. The van der Waals surface area contributed by atoms with E-state index in [1.807, 2.05) is 6.07 Å². The van der Waals surface area contributed by atoms with Crippen LogP contribution in [0.25, 0.3) is 0 Å². The molecule has 27 heavy (non-hydrogen) atoms. The van der Waals surface area contributed by atoms with Crippen molar-refractivity contribution >= 4 is 5.91 Å². The maximum atomic E-state index is 12.9. The first-order chi connectivity index (χ1) is 13.1. The summed E-state index contributed by atoms with van der Waals surface area (Å²) in [7, 11) is 0. The molecule has 1 fully saturated rings. The molecule has 2 aromatic carbocycles. The molecule has 3 rings (SSSR count). The Morgan fingerprint density at radius 1 is 1.00 bits per heavy atom. The monoisotopic (exact) mass is 364 g/mol. The predicted molar refractivity (Wildman–Crippen MR) is 111 cm³/mol. The van der Waals surface area contributed by atoms with Crippen LogP contribution >= 0.6 is 0 Å². The SMILES string of the molecule is CC(C)CC(NC(=O)C1CCN(Cc2ccccc2)CC1)c1ccccc1. The van der Waals surface area contributed by atoms with Crippen molar-refractivity contribution < 1.29 is 4.79 Å². The van der Waals surface area contributed by atoms with E-state index in [4.69, 9.17) is 0 Å². The number of piperidine rings is 1. The molecule has 144 valence electrons. The van der Waals surface area contributed by atoms with Crippen molar-refractivity contribution in [3.63, 3.8) is 0 Å². The van der Waals surface area contributed by atoms with Crippen molar-refractivity contribution in [3.05, 3.63) is 71.8 Å². The number of nitrogens with zero attached hydrogens (tertiary/aromatic N) is 1. The van der Waals surface area contributed by atoms with Gasteiger partial charge < -0.3 is 5.32 Å². The molecule has 1 amide bonds. The Bertz CT molecular complexity index is 691. The van der Waals surface area contributed by atoms with E-state index in [2.05, 4.69) is 78.7 Å². The Labute approximate surface area is 163 Å². The van der Waals surface area contributed by atoms with Gasteiger partial charge in [0.1, 0.15) is 0 Å². The molecular weight excluding hydrogens is 332 g/mol. The van der Waals surface area contributed by atoms with Crippen LogP contribution in [0.15, 0.2) is 60.7 Å². The Morgan fingerprint density at radius 3 is 2.19 bits per heavy atom. The first-order valence-corrected chi connectivity index (χ1v) is 10.2. The van der Waals surface area contributed by atoms with Crippen LogP contribution in [-0.4, -0.2) is 23.9 Å². The van der Waals surface area contributed by atoms with Gasteiger partial charge >= 0.3 is 0 Å². The van der Waals surface area contributed by atoms with Gasteiger partial charge in [-0.05, 0) is 49.4 Å². The molecule has 1 aliphatic heterocycles. The average Bonchev–Trinajstić information content (AvgIpc) is 2.69. The quantitative estimate of drug-likeness (QED) is 0.765. The topological polar surface area (TPSA) is 32.3 Å². The van der Waals surface area contributed by atoms with Crippen molar-refractivity contribution in [2.45, 2.75) is 45.7 Å². The average molecular weight is 365 g/mol. The van der Waals surface area contributed by atoms with E-state index >= 15 is 0 Å². The van der Waals surface area contributed by atoms with E-state index in [1.165, 1.54) is 11.1 Å². The van der Waals surface area contributed by atoms with Crippen molar-refractivity contribution in [3.8, 4) is 0 Å². The van der Waals surface area contributed by atoms with Crippen molar-refractivity contribution in [2.75, 3.05) is 13.1 Å². The number of hydrogen-bond donors (Lipinski definition) is 1. The van der Waals surface area contributed by atoms with Gasteiger partial charge in [0, 0.05) is 12.5 Å². The number of hydrogen-bond acceptors (Lipinski definition) is 2. The van der Waals surface area contributed by atoms with Gasteiger partial charge in [0.15, 0.2) is 0 Å². The van der Waals surface area contributed by atoms with E-state index < -0.39 is 0 Å². The molecule has 1 N–H and O–H groups in total. The Morgan fingerprint density at radius 2 is 1.59 bits per heavy atom. The highest BCUT2D eigenvalue weighted by Crippen LogP contribution is 2.24. The lowest BCUT2D eigenvalue weighted by Crippen LogP contribution is -2.41. The van der Waals surface area contributed by atoms with Gasteiger partial charge in [-0.25, -0.2) is 0 Å². The highest BCUT2D eigenvalue weighted by atomic mass is 16.1. The van der Waals surface area contributed by atoms with E-state index in [0.717, 1.165) is 38.9 Å². The number of amides is 1. The fourth-order valence-corrected chi connectivity index (χ4v) is 3.92. The normalized spacial score (nSPS) is 17.0. The lowest BCUT2D eigenvalue weighted by atomic mass is 9.93. The van der Waals surface area contributed by atoms with E-state index in [9.17, 15) is 4.79 Å². The van der Waals surface area contributed by atoms with E-state index in [0.29, 0.717) is 5.92 Å². The minimum Gasteiger partial charge on any atom is -0.349 e. The van der Waals surface area contributed by atoms with E-state index in [1.54, 1.807) is 0 Å². The number of likely N-dealkylation sites (tertiary alicyclic amines) is 1. The zero-order chi connectivity index (χ0) is 19.1. The molecule has 0 aromatic heterocycles. The zero-order valence-corrected chi connectivity index (χ0v) is 16.6. The molecule has 3 heteroatoms. The number of nitrogens with one attached hydrogen (secondary N) is 1. The number of carbonyl (C=O) groups is 1. The Hall–Kier alpha value is -2.13. The molecule has 0 spiro atoms. The van der Waals surface area contributed by atoms with Crippen LogP contribution in [0.2, 0.25) is 0 Å². The van der Waals surface area contributed by atoms with Gasteiger partial charge in [-0.3, -0.25) is 9.69 Å². The van der Waals surface area contributed by atoms with E-state index in [-0.39, 0.29) is 17.9 Å². The van der Waals surface area contributed by atoms with Gasteiger partial charge in [0.25, 0.3) is 0 Å². The maximum absolute atomic E-state index is 12.9. The molecule has 1 heterocycles. The molecule has 0 aliphatic carbocycles. The highest BCUT2D eigenvalue weighted by molar-refractivity contribution is 5.79. The zero-order valence-electron chi connectivity index (χ0n) is 16.6. The highest BCUT2D eigenvalue weighted by Gasteiger charge is 2.27. The molecule has 1 atom stereocenters. The first-order valence-electron chi connectivity index (χ1n) is 10.2. The molecular formula is C24H32N2O. The van der Waals surface area contributed by atoms with Crippen LogP contribution < -0.4 is 5.32 Å². The number of benzene rings is 2. The first kappa shape index (κ1) is 19.6. The number of rotatable bonds is 7. The third-order valence-corrected chi connectivity index (χ3v) is 5.43. The molecule has 1 aliphatic rings. The fraction of sp³-hybridized carbons (Fsp3) is 0.458. The summed E-state index contributed by atoms with van der Waals surface area (Å²) in [6, 6.07) is 21.1. The van der Waals surface area contributed by atoms with Gasteiger partial charge in [-0.1, -0.05) is 74.5 Å². The predicted octanol–water partition coefficient (Wildman–Crippen LogP) is 4.80. The summed E-state index contributed by atoms with van der Waals surface area (Å²) in [6.45, 7) is 7.39. The van der Waals surface area contributed by atoms with Crippen molar-refractivity contribution in [2.24, 2.45) is 11.8 Å². The fourth-order valence-electron chi connectivity index (χ4n) is 3.92. The van der Waals surface area contributed by atoms with Gasteiger partial charge in [0.05, 0.1) is 6.04 Å². The summed E-state index contributed by atoms with van der Waals surface area (Å²) >= 11 is 0.